The Bertz CT molecular complexity index is 473. The van der Waals surface area contributed by atoms with Crippen LogP contribution in [0.25, 0.3) is 0 Å². The topological polar surface area (TPSA) is 104 Å². The zero-order valence-electron chi connectivity index (χ0n) is 30.0. The summed E-state index contributed by atoms with van der Waals surface area (Å²) in [5.74, 6) is 1.21. The molecule has 0 radical (unpaired) electrons. The minimum Gasteiger partial charge on any atom is -0.328 e. The number of halogens is 2. The van der Waals surface area contributed by atoms with Crippen molar-refractivity contribution in [1.29, 1.82) is 0 Å². The highest BCUT2D eigenvalue weighted by molar-refractivity contribution is 8.93. The Kier molecular flexibility index (Phi) is 37.6. The van der Waals surface area contributed by atoms with Crippen molar-refractivity contribution in [2.45, 2.75) is 220 Å². The van der Waals surface area contributed by atoms with Crippen LogP contribution in [0, 0.1) is 11.8 Å². The predicted octanol–water partition coefficient (Wildman–Crippen LogP) is 11.2. The number of rotatable bonds is 26. The van der Waals surface area contributed by atoms with Gasteiger partial charge in [0, 0.05) is 23.2 Å². The molecule has 0 amide bonds. The van der Waals surface area contributed by atoms with Crippen molar-refractivity contribution in [3.05, 3.63) is 0 Å². The molecule has 0 aliphatic rings. The molecule has 0 aliphatic heterocycles. The monoisotopic (exact) mass is 728 g/mol. The van der Waals surface area contributed by atoms with Gasteiger partial charge in [0.15, 0.2) is 0 Å². The summed E-state index contributed by atoms with van der Waals surface area (Å²) in [6.07, 6.45) is 26.7. The van der Waals surface area contributed by atoms with Crippen molar-refractivity contribution in [3.63, 3.8) is 0 Å². The minimum absolute atomic E-state index is 0. The smallest absolute Gasteiger partial charge is 0.0183 e. The standard InChI is InChI=1S/2C18H40N2.2BrH/c2*1-5-9-12-16(15-17(19)8-4)18(20,13-10-6-2)14-11-7-3;;/h2*16-17H,5-15,19-20H2,1-4H3;2*1H. The molecule has 4 nitrogen and oxygen atoms in total. The zero-order chi connectivity index (χ0) is 30.9. The lowest BCUT2D eigenvalue weighted by molar-refractivity contribution is 0.187. The van der Waals surface area contributed by atoms with Gasteiger partial charge in [-0.3, -0.25) is 0 Å². The Hall–Kier alpha value is 0.800. The Morgan fingerprint density at radius 2 is 0.667 bits per heavy atom. The van der Waals surface area contributed by atoms with Crippen LogP contribution in [0.3, 0.4) is 0 Å². The van der Waals surface area contributed by atoms with Gasteiger partial charge in [-0.1, -0.05) is 132 Å². The van der Waals surface area contributed by atoms with Crippen LogP contribution in [-0.4, -0.2) is 23.2 Å². The van der Waals surface area contributed by atoms with Crippen molar-refractivity contribution in [3.8, 4) is 0 Å². The molecule has 6 heteroatoms. The molecule has 4 atom stereocenters. The molecule has 0 fully saturated rings. The van der Waals surface area contributed by atoms with Gasteiger partial charge in [-0.25, -0.2) is 0 Å². The molecule has 0 bridgehead atoms. The fraction of sp³-hybridized carbons (Fsp3) is 1.00. The number of unbranched alkanes of at least 4 members (excludes halogenated alkanes) is 6. The van der Waals surface area contributed by atoms with Crippen LogP contribution in [0.4, 0.5) is 0 Å². The highest BCUT2D eigenvalue weighted by Gasteiger charge is 2.35. The average molecular weight is 731 g/mol. The van der Waals surface area contributed by atoms with E-state index in [1.165, 1.54) is 116 Å². The maximum atomic E-state index is 6.90. The molecule has 0 spiro atoms. The second kappa shape index (κ2) is 31.8. The lowest BCUT2D eigenvalue weighted by Crippen LogP contribution is -2.49. The van der Waals surface area contributed by atoms with Crippen LogP contribution in [0.5, 0.6) is 0 Å². The molecule has 42 heavy (non-hydrogen) atoms. The van der Waals surface area contributed by atoms with Crippen molar-refractivity contribution in [2.24, 2.45) is 34.8 Å². The predicted molar refractivity (Wildman–Crippen MR) is 204 cm³/mol. The maximum Gasteiger partial charge on any atom is 0.0183 e. The third kappa shape index (κ3) is 23.2. The van der Waals surface area contributed by atoms with E-state index in [0.29, 0.717) is 23.9 Å². The third-order valence-electron chi connectivity index (χ3n) is 9.64. The summed E-state index contributed by atoms with van der Waals surface area (Å²) in [5, 5.41) is 0. The molecular weight excluding hydrogens is 648 g/mol. The second-order valence-electron chi connectivity index (χ2n) is 13.4. The van der Waals surface area contributed by atoms with Crippen LogP contribution in [0.1, 0.15) is 197 Å². The lowest BCUT2D eigenvalue weighted by Gasteiger charge is -2.39. The molecule has 0 saturated heterocycles. The summed E-state index contributed by atoms with van der Waals surface area (Å²) in [7, 11) is 0. The summed E-state index contributed by atoms with van der Waals surface area (Å²) in [6, 6.07) is 0.645. The Morgan fingerprint density at radius 1 is 0.429 bits per heavy atom. The molecule has 0 aromatic rings. The van der Waals surface area contributed by atoms with Crippen molar-refractivity contribution >= 4 is 34.0 Å². The molecule has 0 rings (SSSR count). The normalized spacial score (nSPS) is 14.6. The van der Waals surface area contributed by atoms with Gasteiger partial charge in [0.25, 0.3) is 0 Å². The summed E-state index contributed by atoms with van der Waals surface area (Å²) in [5.41, 5.74) is 26.3. The summed E-state index contributed by atoms with van der Waals surface area (Å²) in [4.78, 5) is 0. The van der Waals surface area contributed by atoms with Gasteiger partial charge >= 0.3 is 0 Å². The molecule has 0 saturated carbocycles. The molecule has 4 unspecified atom stereocenters. The summed E-state index contributed by atoms with van der Waals surface area (Å²) >= 11 is 0. The van der Waals surface area contributed by atoms with Crippen LogP contribution in [0.15, 0.2) is 0 Å². The van der Waals surface area contributed by atoms with E-state index >= 15 is 0 Å². The number of nitrogens with two attached hydrogens (primary N) is 4. The van der Waals surface area contributed by atoms with Gasteiger partial charge in [0.2, 0.25) is 0 Å². The Labute approximate surface area is 287 Å². The fourth-order valence-electron chi connectivity index (χ4n) is 6.34. The van der Waals surface area contributed by atoms with E-state index in [0.717, 1.165) is 25.7 Å². The molecule has 0 aromatic heterocycles. The van der Waals surface area contributed by atoms with Crippen molar-refractivity contribution in [1.82, 2.24) is 0 Å². The van der Waals surface area contributed by atoms with Crippen LogP contribution < -0.4 is 22.9 Å². The van der Waals surface area contributed by atoms with Crippen molar-refractivity contribution < 1.29 is 0 Å². The van der Waals surface area contributed by atoms with Gasteiger partial charge in [-0.05, 0) is 76.0 Å². The van der Waals surface area contributed by atoms with E-state index in [2.05, 4.69) is 55.4 Å². The Balaban J connectivity index is -0.000000328. The SMILES string of the molecule is Br.Br.CCCCC(CC(N)CC)C(N)(CCCC)CCCC.CCCCC(CC(N)CC)C(N)(CCCC)CCCC. The Morgan fingerprint density at radius 3 is 0.857 bits per heavy atom. The van der Waals surface area contributed by atoms with E-state index in [9.17, 15) is 0 Å². The van der Waals surface area contributed by atoms with E-state index in [1.807, 2.05) is 0 Å². The van der Waals surface area contributed by atoms with Gasteiger partial charge in [-0.15, -0.1) is 34.0 Å². The van der Waals surface area contributed by atoms with Gasteiger partial charge in [0.05, 0.1) is 0 Å². The summed E-state index contributed by atoms with van der Waals surface area (Å²) in [6.45, 7) is 18.0. The quantitative estimate of drug-likeness (QED) is 0.0711. The first-order chi connectivity index (χ1) is 19.1. The van der Waals surface area contributed by atoms with Crippen LogP contribution >= 0.6 is 34.0 Å². The van der Waals surface area contributed by atoms with Crippen LogP contribution in [-0.2, 0) is 0 Å². The van der Waals surface area contributed by atoms with Gasteiger partial charge in [-0.2, -0.15) is 0 Å². The van der Waals surface area contributed by atoms with E-state index in [-0.39, 0.29) is 45.0 Å². The second-order valence-corrected chi connectivity index (χ2v) is 13.4. The zero-order valence-corrected chi connectivity index (χ0v) is 33.4. The third-order valence-corrected chi connectivity index (χ3v) is 9.64. The molecule has 8 N–H and O–H groups in total. The van der Waals surface area contributed by atoms with E-state index in [4.69, 9.17) is 22.9 Å². The highest BCUT2D eigenvalue weighted by atomic mass is 79.9. The number of hydrogen-bond acceptors (Lipinski definition) is 4. The van der Waals surface area contributed by atoms with E-state index < -0.39 is 0 Å². The molecule has 0 heterocycles. The first kappa shape index (κ1) is 49.7. The molecule has 260 valence electrons. The number of hydrogen-bond donors (Lipinski definition) is 4. The first-order valence-electron chi connectivity index (χ1n) is 18.2. The van der Waals surface area contributed by atoms with Gasteiger partial charge < -0.3 is 22.9 Å². The lowest BCUT2D eigenvalue weighted by atomic mass is 9.72. The van der Waals surface area contributed by atoms with E-state index in [1.54, 1.807) is 0 Å². The molecule has 0 aliphatic carbocycles. The first-order valence-corrected chi connectivity index (χ1v) is 18.2. The van der Waals surface area contributed by atoms with Crippen LogP contribution in [0.2, 0.25) is 0 Å². The van der Waals surface area contributed by atoms with Gasteiger partial charge in [0.1, 0.15) is 0 Å². The molecule has 0 aromatic carbocycles. The summed E-state index contributed by atoms with van der Waals surface area (Å²) < 4.78 is 0. The largest absolute Gasteiger partial charge is 0.328 e. The fourth-order valence-corrected chi connectivity index (χ4v) is 6.34. The molecular formula is C36H82Br2N4. The highest BCUT2D eigenvalue weighted by Crippen LogP contribution is 2.35. The van der Waals surface area contributed by atoms with Crippen molar-refractivity contribution in [2.75, 3.05) is 0 Å². The maximum absolute atomic E-state index is 6.90. The minimum atomic E-state index is 0. The average Bonchev–Trinajstić information content (AvgIpc) is 2.96.